The van der Waals surface area contributed by atoms with Crippen LogP contribution in [-0.4, -0.2) is 35.9 Å². The summed E-state index contributed by atoms with van der Waals surface area (Å²) in [5.41, 5.74) is 1.03. The predicted octanol–water partition coefficient (Wildman–Crippen LogP) is 2.77. The molecule has 1 N–H and O–H groups in total. The lowest BCUT2D eigenvalue weighted by atomic mass is 10.1. The van der Waals surface area contributed by atoms with Crippen molar-refractivity contribution in [1.29, 1.82) is 0 Å². The van der Waals surface area contributed by atoms with Crippen LogP contribution >= 0.6 is 0 Å². The molecule has 0 fully saturated rings. The molecule has 1 rings (SSSR count). The molecule has 4 heteroatoms. The number of carbonyl (C=O) groups excluding carboxylic acids is 1. The van der Waals surface area contributed by atoms with E-state index in [2.05, 4.69) is 22.1 Å². The van der Waals surface area contributed by atoms with Crippen molar-refractivity contribution in [2.45, 2.75) is 45.6 Å². The molecule has 0 unspecified atom stereocenters. The first-order valence-corrected chi connectivity index (χ1v) is 7.51. The van der Waals surface area contributed by atoms with Gasteiger partial charge in [-0.1, -0.05) is 32.3 Å². The fraction of sp³-hybridized carbons (Fsp3) is 0.625. The summed E-state index contributed by atoms with van der Waals surface area (Å²) >= 11 is 0. The molecule has 0 saturated heterocycles. The topological polar surface area (TPSA) is 45.2 Å². The highest BCUT2D eigenvalue weighted by atomic mass is 16.2. The molecule has 0 saturated carbocycles. The molecule has 1 amide bonds. The molecule has 0 aliphatic heterocycles. The van der Waals surface area contributed by atoms with Crippen LogP contribution in [0.1, 0.15) is 51.1 Å². The fourth-order valence-corrected chi connectivity index (χ4v) is 2.14. The van der Waals surface area contributed by atoms with E-state index in [1.165, 1.54) is 19.3 Å². The Labute approximate surface area is 122 Å². The number of amides is 1. The second-order valence-corrected chi connectivity index (χ2v) is 5.37. The molecule has 1 heterocycles. The first-order chi connectivity index (χ1) is 9.63. The van der Waals surface area contributed by atoms with Gasteiger partial charge in [-0.2, -0.15) is 0 Å². The van der Waals surface area contributed by atoms with Crippen LogP contribution in [0.15, 0.2) is 24.5 Å². The predicted molar refractivity (Wildman–Crippen MR) is 82.4 cm³/mol. The molecule has 0 bridgehead atoms. The van der Waals surface area contributed by atoms with E-state index in [1.807, 2.05) is 26.1 Å². The van der Waals surface area contributed by atoms with Crippen molar-refractivity contribution in [3.63, 3.8) is 0 Å². The lowest BCUT2D eigenvalue weighted by Crippen LogP contribution is -2.36. The highest BCUT2D eigenvalue weighted by Gasteiger charge is 2.11. The Morgan fingerprint density at radius 2 is 2.20 bits per heavy atom. The summed E-state index contributed by atoms with van der Waals surface area (Å²) in [6.45, 7) is 5.62. The maximum atomic E-state index is 12.0. The van der Waals surface area contributed by atoms with Crippen LogP contribution in [0.25, 0.3) is 0 Å². The van der Waals surface area contributed by atoms with Gasteiger partial charge in [-0.3, -0.25) is 14.7 Å². The van der Waals surface area contributed by atoms with Crippen molar-refractivity contribution in [3.05, 3.63) is 30.1 Å². The molecule has 0 spiro atoms. The van der Waals surface area contributed by atoms with E-state index in [4.69, 9.17) is 0 Å². The van der Waals surface area contributed by atoms with Crippen LogP contribution in [0.3, 0.4) is 0 Å². The van der Waals surface area contributed by atoms with Gasteiger partial charge in [0, 0.05) is 12.4 Å². The van der Waals surface area contributed by atoms with Crippen molar-refractivity contribution in [2.75, 3.05) is 20.1 Å². The van der Waals surface area contributed by atoms with Gasteiger partial charge in [0.05, 0.1) is 12.6 Å². The largest absolute Gasteiger partial charge is 0.348 e. The highest BCUT2D eigenvalue weighted by Crippen LogP contribution is 2.09. The van der Waals surface area contributed by atoms with Crippen molar-refractivity contribution in [2.24, 2.45) is 0 Å². The number of rotatable bonds is 9. The van der Waals surface area contributed by atoms with E-state index in [1.54, 1.807) is 12.4 Å². The summed E-state index contributed by atoms with van der Waals surface area (Å²) in [7, 11) is 2.00. The summed E-state index contributed by atoms with van der Waals surface area (Å²) in [5, 5.41) is 3.01. The third-order valence-corrected chi connectivity index (χ3v) is 3.37. The first kappa shape index (κ1) is 16.6. The van der Waals surface area contributed by atoms with Crippen LogP contribution in [0.2, 0.25) is 0 Å². The molecule has 4 nitrogen and oxygen atoms in total. The zero-order valence-electron chi connectivity index (χ0n) is 12.9. The zero-order chi connectivity index (χ0) is 14.8. The van der Waals surface area contributed by atoms with Gasteiger partial charge in [-0.05, 0) is 38.6 Å². The third kappa shape index (κ3) is 6.66. The Balaban J connectivity index is 2.25. The Kier molecular flexibility index (Phi) is 7.88. The Morgan fingerprint density at radius 1 is 1.40 bits per heavy atom. The smallest absolute Gasteiger partial charge is 0.234 e. The average molecular weight is 277 g/mol. The summed E-state index contributed by atoms with van der Waals surface area (Å²) in [5.74, 6) is 0.0688. The van der Waals surface area contributed by atoms with Crippen LogP contribution in [0, 0.1) is 0 Å². The van der Waals surface area contributed by atoms with Crippen molar-refractivity contribution in [1.82, 2.24) is 15.2 Å². The van der Waals surface area contributed by atoms with Gasteiger partial charge in [-0.15, -0.1) is 0 Å². The molecule has 1 aromatic rings. The van der Waals surface area contributed by atoms with Crippen LogP contribution < -0.4 is 5.32 Å². The van der Waals surface area contributed by atoms with Gasteiger partial charge in [0.1, 0.15) is 0 Å². The van der Waals surface area contributed by atoms with Gasteiger partial charge in [0.25, 0.3) is 0 Å². The number of nitrogens with zero attached hydrogens (tertiary/aromatic N) is 2. The minimum Gasteiger partial charge on any atom is -0.348 e. The SMILES string of the molecule is CCCCCCN(C)CC(=O)N[C@H](C)c1cccnc1. The quantitative estimate of drug-likeness (QED) is 0.706. The average Bonchev–Trinajstić information content (AvgIpc) is 2.44. The molecule has 112 valence electrons. The summed E-state index contributed by atoms with van der Waals surface area (Å²) in [4.78, 5) is 18.1. The standard InChI is InChI=1S/C16H27N3O/c1-4-5-6-7-11-19(3)13-16(20)18-14(2)15-9-8-10-17-12-15/h8-10,12,14H,4-7,11,13H2,1-3H3,(H,18,20)/t14-/m1/s1. The van der Waals surface area contributed by atoms with E-state index in [0.717, 1.165) is 18.5 Å². The Bertz CT molecular complexity index is 381. The molecule has 0 radical (unpaired) electrons. The number of likely N-dealkylation sites (N-methyl/N-ethyl adjacent to an activating group) is 1. The number of carbonyl (C=O) groups is 1. The van der Waals surface area contributed by atoms with Gasteiger partial charge in [0.2, 0.25) is 5.91 Å². The molecule has 0 aromatic carbocycles. The number of unbranched alkanes of at least 4 members (excludes halogenated alkanes) is 3. The second-order valence-electron chi connectivity index (χ2n) is 5.37. The number of hydrogen-bond donors (Lipinski definition) is 1. The normalized spacial score (nSPS) is 12.4. The lowest BCUT2D eigenvalue weighted by molar-refractivity contribution is -0.122. The molecule has 1 atom stereocenters. The number of nitrogens with one attached hydrogen (secondary N) is 1. The molecule has 0 aliphatic carbocycles. The van der Waals surface area contributed by atoms with Crippen molar-refractivity contribution in [3.8, 4) is 0 Å². The Morgan fingerprint density at radius 3 is 2.85 bits per heavy atom. The van der Waals surface area contributed by atoms with Crippen LogP contribution in [0.5, 0.6) is 0 Å². The summed E-state index contributed by atoms with van der Waals surface area (Å²) in [6, 6.07) is 3.87. The zero-order valence-corrected chi connectivity index (χ0v) is 12.9. The fourth-order valence-electron chi connectivity index (χ4n) is 2.14. The van der Waals surface area contributed by atoms with E-state index >= 15 is 0 Å². The minimum absolute atomic E-state index is 0.00434. The van der Waals surface area contributed by atoms with Gasteiger partial charge < -0.3 is 5.32 Å². The van der Waals surface area contributed by atoms with Crippen molar-refractivity contribution >= 4 is 5.91 Å². The van der Waals surface area contributed by atoms with Crippen LogP contribution in [-0.2, 0) is 4.79 Å². The number of aromatic nitrogens is 1. The summed E-state index contributed by atoms with van der Waals surface area (Å²) in [6.07, 6.45) is 8.46. The molecule has 0 aliphatic rings. The van der Waals surface area contributed by atoms with Gasteiger partial charge in [0.15, 0.2) is 0 Å². The van der Waals surface area contributed by atoms with E-state index in [0.29, 0.717) is 6.54 Å². The van der Waals surface area contributed by atoms with Gasteiger partial charge in [-0.25, -0.2) is 0 Å². The van der Waals surface area contributed by atoms with Crippen LogP contribution in [0.4, 0.5) is 0 Å². The van der Waals surface area contributed by atoms with Crippen molar-refractivity contribution < 1.29 is 4.79 Å². The number of pyridine rings is 1. The molecule has 1 aromatic heterocycles. The first-order valence-electron chi connectivity index (χ1n) is 7.51. The minimum atomic E-state index is 0.00434. The van der Waals surface area contributed by atoms with Gasteiger partial charge >= 0.3 is 0 Å². The maximum absolute atomic E-state index is 12.0. The lowest BCUT2D eigenvalue weighted by Gasteiger charge is -2.19. The van der Waals surface area contributed by atoms with E-state index < -0.39 is 0 Å². The van der Waals surface area contributed by atoms with E-state index in [-0.39, 0.29) is 11.9 Å². The second kappa shape index (κ2) is 9.48. The molecule has 20 heavy (non-hydrogen) atoms. The maximum Gasteiger partial charge on any atom is 0.234 e. The monoisotopic (exact) mass is 277 g/mol. The highest BCUT2D eigenvalue weighted by molar-refractivity contribution is 5.78. The Hall–Kier alpha value is -1.42. The molecular weight excluding hydrogens is 250 g/mol. The third-order valence-electron chi connectivity index (χ3n) is 3.37. The van der Waals surface area contributed by atoms with E-state index in [9.17, 15) is 4.79 Å². The summed E-state index contributed by atoms with van der Waals surface area (Å²) < 4.78 is 0. The molecular formula is C16H27N3O. The number of hydrogen-bond acceptors (Lipinski definition) is 3.